The van der Waals surface area contributed by atoms with Crippen LogP contribution in [0.15, 0.2) is 0 Å². The molecule has 0 aromatic heterocycles. The van der Waals surface area contributed by atoms with Crippen molar-refractivity contribution in [3.05, 3.63) is 0 Å². The molecular weight excluding hydrogens is 190 g/mol. The van der Waals surface area contributed by atoms with Crippen LogP contribution in [0.5, 0.6) is 0 Å². The molecule has 0 bridgehead atoms. The minimum absolute atomic E-state index is 0.0735. The van der Waals surface area contributed by atoms with Crippen LogP contribution in [-0.2, 0) is 0 Å². The Morgan fingerprint density at radius 1 is 1.33 bits per heavy atom. The third-order valence-corrected chi connectivity index (χ3v) is 4.10. The molecule has 3 heteroatoms. The molecule has 1 aliphatic heterocycles. The predicted octanol–water partition coefficient (Wildman–Crippen LogP) is 0.850. The Hall–Kier alpha value is -0.120. The Balaban J connectivity index is 1.77. The zero-order valence-electron chi connectivity index (χ0n) is 9.60. The van der Waals surface area contributed by atoms with Gasteiger partial charge >= 0.3 is 0 Å². The number of nitrogens with zero attached hydrogens (tertiary/aromatic N) is 1. The minimum atomic E-state index is -0.177. The van der Waals surface area contributed by atoms with Crippen LogP contribution in [0.25, 0.3) is 0 Å². The Labute approximate surface area is 92.1 Å². The van der Waals surface area contributed by atoms with Crippen molar-refractivity contribution in [2.24, 2.45) is 11.8 Å². The summed E-state index contributed by atoms with van der Waals surface area (Å²) in [6, 6.07) is 0. The molecule has 88 valence electrons. The summed E-state index contributed by atoms with van der Waals surface area (Å²) in [4.78, 5) is 2.41. The summed E-state index contributed by atoms with van der Waals surface area (Å²) in [6.07, 6.45) is 4.20. The van der Waals surface area contributed by atoms with Crippen molar-refractivity contribution >= 4 is 0 Å². The summed E-state index contributed by atoms with van der Waals surface area (Å²) in [7, 11) is 0. The van der Waals surface area contributed by atoms with Crippen molar-refractivity contribution in [1.82, 2.24) is 4.90 Å². The van der Waals surface area contributed by atoms with Crippen molar-refractivity contribution in [3.8, 4) is 0 Å². The number of aliphatic hydroxyl groups is 2. The second-order valence-corrected chi connectivity index (χ2v) is 5.31. The highest BCUT2D eigenvalue weighted by Crippen LogP contribution is 2.28. The topological polar surface area (TPSA) is 43.7 Å². The van der Waals surface area contributed by atoms with Crippen LogP contribution in [0.1, 0.15) is 32.6 Å². The van der Waals surface area contributed by atoms with Gasteiger partial charge in [0.15, 0.2) is 0 Å². The maximum absolute atomic E-state index is 9.75. The van der Waals surface area contributed by atoms with E-state index in [1.807, 2.05) is 6.92 Å². The van der Waals surface area contributed by atoms with Gasteiger partial charge in [0.05, 0.1) is 12.2 Å². The first-order valence-corrected chi connectivity index (χ1v) is 6.25. The average Bonchev–Trinajstić information content (AvgIpc) is 2.77. The highest BCUT2D eigenvalue weighted by atomic mass is 16.3. The van der Waals surface area contributed by atoms with Gasteiger partial charge in [-0.3, -0.25) is 0 Å². The molecule has 0 spiro atoms. The van der Waals surface area contributed by atoms with E-state index in [0.717, 1.165) is 32.5 Å². The molecule has 2 N–H and O–H groups in total. The fraction of sp³-hybridized carbons (Fsp3) is 1.00. The number of aliphatic hydroxyl groups excluding tert-OH is 2. The van der Waals surface area contributed by atoms with Crippen molar-refractivity contribution in [2.75, 3.05) is 19.6 Å². The molecule has 2 fully saturated rings. The Morgan fingerprint density at radius 2 is 2.13 bits per heavy atom. The largest absolute Gasteiger partial charge is 0.393 e. The lowest BCUT2D eigenvalue weighted by Crippen LogP contribution is -2.32. The van der Waals surface area contributed by atoms with E-state index in [9.17, 15) is 10.2 Å². The number of hydrogen-bond acceptors (Lipinski definition) is 3. The van der Waals surface area contributed by atoms with Gasteiger partial charge in [-0.2, -0.15) is 0 Å². The zero-order chi connectivity index (χ0) is 10.8. The molecule has 15 heavy (non-hydrogen) atoms. The lowest BCUT2D eigenvalue weighted by atomic mass is 10.0. The minimum Gasteiger partial charge on any atom is -0.393 e. The fourth-order valence-electron chi connectivity index (χ4n) is 2.98. The fourth-order valence-corrected chi connectivity index (χ4v) is 2.98. The van der Waals surface area contributed by atoms with Gasteiger partial charge in [-0.15, -0.1) is 0 Å². The van der Waals surface area contributed by atoms with Crippen LogP contribution in [0.3, 0.4) is 0 Å². The number of hydrogen-bond donors (Lipinski definition) is 2. The quantitative estimate of drug-likeness (QED) is 0.730. The van der Waals surface area contributed by atoms with Crippen molar-refractivity contribution < 1.29 is 10.2 Å². The molecule has 1 saturated heterocycles. The van der Waals surface area contributed by atoms with Crippen molar-refractivity contribution in [3.63, 3.8) is 0 Å². The van der Waals surface area contributed by atoms with E-state index in [0.29, 0.717) is 11.8 Å². The van der Waals surface area contributed by atoms with Gasteiger partial charge in [0.25, 0.3) is 0 Å². The highest BCUT2D eigenvalue weighted by molar-refractivity contribution is 4.84. The standard InChI is InChI=1S/C12H23NO2/c1-9(14)10-5-6-13(7-10)8-11-3-2-4-12(11)15/h9-12,14-15H,2-8H2,1H3. The monoisotopic (exact) mass is 213 g/mol. The molecule has 0 aromatic rings. The maximum Gasteiger partial charge on any atom is 0.0580 e. The summed E-state index contributed by atoms with van der Waals surface area (Å²) in [5, 5.41) is 19.3. The van der Waals surface area contributed by atoms with E-state index in [1.165, 1.54) is 12.8 Å². The first kappa shape index (κ1) is 11.4. The van der Waals surface area contributed by atoms with Gasteiger partial charge in [-0.05, 0) is 44.6 Å². The van der Waals surface area contributed by atoms with Gasteiger partial charge in [-0.1, -0.05) is 6.42 Å². The lowest BCUT2D eigenvalue weighted by molar-refractivity contribution is 0.0990. The smallest absolute Gasteiger partial charge is 0.0580 e. The van der Waals surface area contributed by atoms with Gasteiger partial charge in [0.1, 0.15) is 0 Å². The number of likely N-dealkylation sites (tertiary alicyclic amines) is 1. The lowest BCUT2D eigenvalue weighted by Gasteiger charge is -2.23. The Kier molecular flexibility index (Phi) is 3.65. The van der Waals surface area contributed by atoms with Crippen molar-refractivity contribution in [2.45, 2.75) is 44.8 Å². The molecule has 1 heterocycles. The van der Waals surface area contributed by atoms with Crippen LogP contribution >= 0.6 is 0 Å². The second kappa shape index (κ2) is 4.81. The molecule has 0 amide bonds. The first-order chi connectivity index (χ1) is 7.16. The van der Waals surface area contributed by atoms with Crippen LogP contribution in [-0.4, -0.2) is 47.0 Å². The van der Waals surface area contributed by atoms with Crippen LogP contribution in [0, 0.1) is 11.8 Å². The van der Waals surface area contributed by atoms with Crippen molar-refractivity contribution in [1.29, 1.82) is 0 Å². The zero-order valence-corrected chi connectivity index (χ0v) is 9.60. The van der Waals surface area contributed by atoms with E-state index in [-0.39, 0.29) is 12.2 Å². The molecule has 4 atom stereocenters. The van der Waals surface area contributed by atoms with Gasteiger partial charge in [0.2, 0.25) is 0 Å². The summed E-state index contributed by atoms with van der Waals surface area (Å²) in [5.74, 6) is 0.932. The van der Waals surface area contributed by atoms with Crippen LogP contribution in [0.2, 0.25) is 0 Å². The average molecular weight is 213 g/mol. The maximum atomic E-state index is 9.75. The second-order valence-electron chi connectivity index (χ2n) is 5.31. The molecule has 3 nitrogen and oxygen atoms in total. The number of rotatable bonds is 3. The molecule has 1 aliphatic carbocycles. The Bertz CT molecular complexity index is 208. The summed E-state index contributed by atoms with van der Waals surface area (Å²) >= 11 is 0. The molecular formula is C12H23NO2. The summed E-state index contributed by atoms with van der Waals surface area (Å²) < 4.78 is 0. The SMILES string of the molecule is CC(O)C1CCN(CC2CCCC2O)C1. The summed E-state index contributed by atoms with van der Waals surface area (Å²) in [5.41, 5.74) is 0. The molecule has 0 radical (unpaired) electrons. The van der Waals surface area contributed by atoms with E-state index in [2.05, 4.69) is 4.90 Å². The third-order valence-electron chi connectivity index (χ3n) is 4.10. The van der Waals surface area contributed by atoms with Gasteiger partial charge in [-0.25, -0.2) is 0 Å². The van der Waals surface area contributed by atoms with E-state index in [4.69, 9.17) is 0 Å². The van der Waals surface area contributed by atoms with E-state index < -0.39 is 0 Å². The van der Waals surface area contributed by atoms with E-state index in [1.54, 1.807) is 0 Å². The van der Waals surface area contributed by atoms with Gasteiger partial charge < -0.3 is 15.1 Å². The highest BCUT2D eigenvalue weighted by Gasteiger charge is 2.31. The predicted molar refractivity (Wildman–Crippen MR) is 59.6 cm³/mol. The molecule has 2 rings (SSSR count). The van der Waals surface area contributed by atoms with Crippen LogP contribution in [0.4, 0.5) is 0 Å². The molecule has 1 saturated carbocycles. The van der Waals surface area contributed by atoms with E-state index >= 15 is 0 Å². The molecule has 0 aromatic carbocycles. The Morgan fingerprint density at radius 3 is 2.67 bits per heavy atom. The third kappa shape index (κ3) is 2.71. The normalized spacial score (nSPS) is 39.8. The molecule has 4 unspecified atom stereocenters. The van der Waals surface area contributed by atoms with Gasteiger partial charge in [0, 0.05) is 13.1 Å². The van der Waals surface area contributed by atoms with Crippen LogP contribution < -0.4 is 0 Å². The first-order valence-electron chi connectivity index (χ1n) is 6.25. The summed E-state index contributed by atoms with van der Waals surface area (Å²) in [6.45, 7) is 5.03. The molecule has 2 aliphatic rings.